The molecule has 1 fully saturated rings. The molecular formula is C19H22FNO3S. The summed E-state index contributed by atoms with van der Waals surface area (Å²) in [5.74, 6) is 0.415. The van der Waals surface area contributed by atoms with Crippen molar-refractivity contribution in [3.05, 3.63) is 59.9 Å². The topological polar surface area (TPSA) is 46.6 Å². The molecule has 2 aromatic rings. The second-order valence-electron chi connectivity index (χ2n) is 6.40. The highest BCUT2D eigenvalue weighted by atomic mass is 32.2. The summed E-state index contributed by atoms with van der Waals surface area (Å²) in [4.78, 5) is 0.370. The molecule has 0 radical (unpaired) electrons. The molecule has 0 saturated carbocycles. The molecule has 1 saturated heterocycles. The molecule has 0 amide bonds. The fraction of sp³-hybridized carbons (Fsp3) is 0.368. The van der Waals surface area contributed by atoms with Gasteiger partial charge in [-0.3, -0.25) is 0 Å². The lowest BCUT2D eigenvalue weighted by Gasteiger charge is -2.32. The fourth-order valence-electron chi connectivity index (χ4n) is 3.11. The molecular weight excluding hydrogens is 341 g/mol. The smallest absolute Gasteiger partial charge is 0.243 e. The first-order chi connectivity index (χ1) is 12.0. The Hall–Kier alpha value is -1.92. The minimum Gasteiger partial charge on any atom is -0.493 e. The van der Waals surface area contributed by atoms with Gasteiger partial charge in [-0.05, 0) is 55.7 Å². The van der Waals surface area contributed by atoms with Crippen molar-refractivity contribution in [2.24, 2.45) is 5.92 Å². The summed E-state index contributed by atoms with van der Waals surface area (Å²) >= 11 is 0. The highest BCUT2D eigenvalue weighted by molar-refractivity contribution is 7.89. The van der Waals surface area contributed by atoms with Gasteiger partial charge in [0.2, 0.25) is 10.0 Å². The Labute approximate surface area is 148 Å². The number of ether oxygens (including phenoxy) is 1. The first kappa shape index (κ1) is 17.9. The lowest BCUT2D eigenvalue weighted by molar-refractivity contribution is 0.180. The second-order valence-corrected chi connectivity index (χ2v) is 8.31. The number of hydrogen-bond donors (Lipinski definition) is 0. The molecule has 25 heavy (non-hydrogen) atoms. The third kappa shape index (κ3) is 4.19. The normalized spacial score (nSPS) is 18.9. The van der Waals surface area contributed by atoms with E-state index >= 15 is 0 Å². The van der Waals surface area contributed by atoms with Crippen molar-refractivity contribution in [3.8, 4) is 5.75 Å². The molecule has 1 heterocycles. The van der Waals surface area contributed by atoms with Gasteiger partial charge < -0.3 is 4.74 Å². The van der Waals surface area contributed by atoms with Crippen LogP contribution in [0.5, 0.6) is 5.75 Å². The van der Waals surface area contributed by atoms with E-state index < -0.39 is 10.0 Å². The van der Waals surface area contributed by atoms with Crippen LogP contribution >= 0.6 is 0 Å². The molecule has 0 N–H and O–H groups in total. The molecule has 4 nitrogen and oxygen atoms in total. The van der Waals surface area contributed by atoms with E-state index in [1.165, 1.54) is 12.1 Å². The average molecular weight is 363 g/mol. The van der Waals surface area contributed by atoms with Gasteiger partial charge in [-0.15, -0.1) is 0 Å². The Kier molecular flexibility index (Phi) is 5.39. The summed E-state index contributed by atoms with van der Waals surface area (Å²) in [5.41, 5.74) is 0.757. The van der Waals surface area contributed by atoms with Crippen LogP contribution < -0.4 is 4.74 Å². The zero-order valence-corrected chi connectivity index (χ0v) is 15.0. The molecule has 0 aromatic heterocycles. The van der Waals surface area contributed by atoms with Crippen molar-refractivity contribution in [1.29, 1.82) is 0 Å². The van der Waals surface area contributed by atoms with Crippen LogP contribution in [0.1, 0.15) is 18.4 Å². The van der Waals surface area contributed by atoms with E-state index in [2.05, 4.69) is 0 Å². The van der Waals surface area contributed by atoms with Crippen molar-refractivity contribution in [3.63, 3.8) is 0 Å². The van der Waals surface area contributed by atoms with Crippen LogP contribution in [-0.2, 0) is 10.0 Å². The Morgan fingerprint density at radius 3 is 2.60 bits per heavy atom. The molecule has 1 atom stereocenters. The number of piperidine rings is 1. The minimum absolute atomic E-state index is 0.123. The second kappa shape index (κ2) is 7.54. The maximum atomic E-state index is 12.9. The predicted molar refractivity (Wildman–Crippen MR) is 94.6 cm³/mol. The van der Waals surface area contributed by atoms with Crippen LogP contribution in [-0.4, -0.2) is 32.4 Å². The van der Waals surface area contributed by atoms with Crippen LogP contribution in [0, 0.1) is 18.7 Å². The van der Waals surface area contributed by atoms with Crippen molar-refractivity contribution in [1.82, 2.24) is 4.31 Å². The van der Waals surface area contributed by atoms with Gasteiger partial charge in [-0.25, -0.2) is 12.8 Å². The van der Waals surface area contributed by atoms with Crippen molar-refractivity contribution in [2.75, 3.05) is 19.7 Å². The van der Waals surface area contributed by atoms with E-state index in [9.17, 15) is 12.8 Å². The molecule has 1 aliphatic heterocycles. The first-order valence-electron chi connectivity index (χ1n) is 8.41. The van der Waals surface area contributed by atoms with Crippen LogP contribution in [0.3, 0.4) is 0 Å². The summed E-state index contributed by atoms with van der Waals surface area (Å²) < 4.78 is 46.0. The standard InChI is InChI=1S/C19H22FNO3S/c1-15-5-2-3-7-19(15)25(22,23)21-12-4-6-16(13-21)14-24-18-10-8-17(20)9-11-18/h2-3,5,7-11,16H,4,6,12-14H2,1H3. The summed E-state index contributed by atoms with van der Waals surface area (Å²) in [6.45, 7) is 3.21. The Morgan fingerprint density at radius 2 is 1.88 bits per heavy atom. The monoisotopic (exact) mass is 363 g/mol. The quantitative estimate of drug-likeness (QED) is 0.815. The summed E-state index contributed by atoms with van der Waals surface area (Å²) in [6.07, 6.45) is 1.73. The molecule has 6 heteroatoms. The summed E-state index contributed by atoms with van der Waals surface area (Å²) in [7, 11) is -3.49. The first-order valence-corrected chi connectivity index (χ1v) is 9.85. The largest absolute Gasteiger partial charge is 0.493 e. The van der Waals surface area contributed by atoms with Crippen molar-refractivity contribution in [2.45, 2.75) is 24.7 Å². The van der Waals surface area contributed by atoms with Gasteiger partial charge in [0, 0.05) is 19.0 Å². The van der Waals surface area contributed by atoms with E-state index in [4.69, 9.17) is 4.74 Å². The van der Waals surface area contributed by atoms with Gasteiger partial charge in [-0.2, -0.15) is 4.31 Å². The van der Waals surface area contributed by atoms with Gasteiger partial charge in [0.15, 0.2) is 0 Å². The highest BCUT2D eigenvalue weighted by Crippen LogP contribution is 2.26. The van der Waals surface area contributed by atoms with E-state index in [1.807, 2.05) is 19.1 Å². The van der Waals surface area contributed by atoms with Crippen molar-refractivity contribution >= 4 is 10.0 Å². The molecule has 0 aliphatic carbocycles. The number of aryl methyl sites for hydroxylation is 1. The van der Waals surface area contributed by atoms with Crippen molar-refractivity contribution < 1.29 is 17.5 Å². The van der Waals surface area contributed by atoms with Gasteiger partial charge in [0.05, 0.1) is 11.5 Å². The number of rotatable bonds is 5. The minimum atomic E-state index is -3.49. The summed E-state index contributed by atoms with van der Waals surface area (Å²) in [6, 6.07) is 12.9. The van der Waals surface area contributed by atoms with Gasteiger partial charge in [-0.1, -0.05) is 18.2 Å². The number of sulfonamides is 1. The predicted octanol–water partition coefficient (Wildman–Crippen LogP) is 3.61. The van der Waals surface area contributed by atoms with Gasteiger partial charge in [0.25, 0.3) is 0 Å². The number of nitrogens with zero attached hydrogens (tertiary/aromatic N) is 1. The van der Waals surface area contributed by atoms with E-state index in [1.54, 1.807) is 28.6 Å². The van der Waals surface area contributed by atoms with Gasteiger partial charge >= 0.3 is 0 Å². The molecule has 0 bridgehead atoms. The molecule has 2 aromatic carbocycles. The molecule has 3 rings (SSSR count). The van der Waals surface area contributed by atoms with Crippen LogP contribution in [0.25, 0.3) is 0 Å². The SMILES string of the molecule is Cc1ccccc1S(=O)(=O)N1CCCC(COc2ccc(F)cc2)C1. The maximum Gasteiger partial charge on any atom is 0.243 e. The van der Waals surface area contributed by atoms with E-state index in [-0.39, 0.29) is 11.7 Å². The molecule has 0 spiro atoms. The zero-order chi connectivity index (χ0) is 17.9. The number of hydrogen-bond acceptors (Lipinski definition) is 3. The lowest BCUT2D eigenvalue weighted by atomic mass is 10.0. The number of halogens is 1. The number of benzene rings is 2. The highest BCUT2D eigenvalue weighted by Gasteiger charge is 2.31. The summed E-state index contributed by atoms with van der Waals surface area (Å²) in [5, 5.41) is 0. The van der Waals surface area contributed by atoms with Gasteiger partial charge in [0.1, 0.15) is 11.6 Å². The van der Waals surface area contributed by atoms with Crippen LogP contribution in [0.2, 0.25) is 0 Å². The van der Waals surface area contributed by atoms with Crippen LogP contribution in [0.4, 0.5) is 4.39 Å². The third-order valence-corrected chi connectivity index (χ3v) is 6.52. The van der Waals surface area contributed by atoms with E-state index in [0.29, 0.717) is 30.3 Å². The maximum absolute atomic E-state index is 12.9. The fourth-order valence-corrected chi connectivity index (χ4v) is 4.89. The van der Waals surface area contributed by atoms with E-state index in [0.717, 1.165) is 18.4 Å². The average Bonchev–Trinajstić information content (AvgIpc) is 2.62. The Morgan fingerprint density at radius 1 is 1.16 bits per heavy atom. The zero-order valence-electron chi connectivity index (χ0n) is 14.2. The van der Waals surface area contributed by atoms with Crippen LogP contribution in [0.15, 0.2) is 53.4 Å². The molecule has 134 valence electrons. The Bertz CT molecular complexity index is 821. The molecule has 1 aliphatic rings. The lowest BCUT2D eigenvalue weighted by Crippen LogP contribution is -2.41. The Balaban J connectivity index is 1.66. The third-order valence-electron chi connectivity index (χ3n) is 4.49. The molecule has 1 unspecified atom stereocenters.